The molecule has 1 aromatic rings. The van der Waals surface area contributed by atoms with Crippen LogP contribution in [0.3, 0.4) is 0 Å². The number of aryl methyl sites for hydroxylation is 2. The number of rotatable bonds is 0. The van der Waals surface area contributed by atoms with Gasteiger partial charge in [-0.05, 0) is 26.0 Å². The predicted octanol–water partition coefficient (Wildman–Crippen LogP) is 0.983. The van der Waals surface area contributed by atoms with Crippen molar-refractivity contribution in [1.82, 2.24) is 4.98 Å². The third-order valence-electron chi connectivity index (χ3n) is 0.978. The van der Waals surface area contributed by atoms with E-state index >= 15 is 0 Å². The van der Waals surface area contributed by atoms with Crippen molar-refractivity contribution in [2.75, 3.05) is 0 Å². The van der Waals surface area contributed by atoms with E-state index in [-0.39, 0.29) is 51.4 Å². The summed E-state index contributed by atoms with van der Waals surface area (Å²) < 4.78 is 0. The summed E-state index contributed by atoms with van der Waals surface area (Å²) >= 11 is 0. The molecule has 1 nitrogen and oxygen atoms in total. The number of aromatic nitrogens is 1. The minimum atomic E-state index is 0. The molecule has 0 bridgehead atoms. The molecule has 1 aromatic heterocycles. The first kappa shape index (κ1) is 8.92. The Labute approximate surface area is 92.3 Å². The first-order valence-electron chi connectivity index (χ1n) is 2.41. The second kappa shape index (κ2) is 3.85. The molecule has 0 radical (unpaired) electrons. The Hall–Kier alpha value is 0.916. The molecule has 0 amide bonds. The molecule has 0 aliphatic carbocycles. The second-order valence-electron chi connectivity index (χ2n) is 1.82. The Morgan fingerprint density at radius 2 is 1.50 bits per heavy atom. The molecule has 1 N–H and O–H groups in total. The van der Waals surface area contributed by atoms with E-state index in [0.717, 1.165) is 0 Å². The molecule has 0 unspecified atom stereocenters. The summed E-state index contributed by atoms with van der Waals surface area (Å²) in [6.07, 6.45) is 0. The standard InChI is InChI=1S/C6H9N.K.H/c1-5-3-4-6(2)7-5;;/h3-4,7H,1-2H3;;. The zero-order chi connectivity index (χ0) is 5.28. The van der Waals surface area contributed by atoms with Crippen molar-refractivity contribution in [2.45, 2.75) is 13.8 Å². The molecule has 1 heterocycles. The number of hydrogen-bond acceptors (Lipinski definition) is 0. The van der Waals surface area contributed by atoms with Gasteiger partial charge in [-0.15, -0.1) is 0 Å². The molecule has 0 saturated heterocycles. The topological polar surface area (TPSA) is 15.8 Å². The van der Waals surface area contributed by atoms with Crippen LogP contribution >= 0.6 is 0 Å². The molecule has 0 fully saturated rings. The van der Waals surface area contributed by atoms with Crippen LogP contribution in [0.5, 0.6) is 0 Å². The molecule has 0 spiro atoms. The Bertz CT molecular complexity index is 141. The Morgan fingerprint density at radius 1 is 1.12 bits per heavy atom. The van der Waals surface area contributed by atoms with Gasteiger partial charge in [0.05, 0.1) is 0 Å². The van der Waals surface area contributed by atoms with E-state index in [4.69, 9.17) is 0 Å². The summed E-state index contributed by atoms with van der Waals surface area (Å²) in [6, 6.07) is 4.13. The van der Waals surface area contributed by atoms with E-state index in [2.05, 4.69) is 17.1 Å². The van der Waals surface area contributed by atoms with E-state index in [1.54, 1.807) is 0 Å². The minimum absolute atomic E-state index is 0. The molecule has 0 aliphatic rings. The molecule has 40 valence electrons. The van der Waals surface area contributed by atoms with Crippen LogP contribution in [0.2, 0.25) is 0 Å². The van der Waals surface area contributed by atoms with Gasteiger partial charge in [0.2, 0.25) is 0 Å². The van der Waals surface area contributed by atoms with Gasteiger partial charge in [0, 0.05) is 11.4 Å². The van der Waals surface area contributed by atoms with Crippen LogP contribution in [0.4, 0.5) is 0 Å². The molecule has 0 saturated carbocycles. The van der Waals surface area contributed by atoms with Gasteiger partial charge in [0.25, 0.3) is 0 Å². The van der Waals surface area contributed by atoms with E-state index in [1.807, 2.05) is 13.8 Å². The number of hydrogen-bond donors (Lipinski definition) is 1. The van der Waals surface area contributed by atoms with Crippen LogP contribution in [-0.4, -0.2) is 56.4 Å². The average molecular weight is 135 g/mol. The van der Waals surface area contributed by atoms with Gasteiger partial charge in [-0.3, -0.25) is 0 Å². The first-order valence-corrected chi connectivity index (χ1v) is 2.41. The Kier molecular flexibility index (Phi) is 4.29. The van der Waals surface area contributed by atoms with Crippen molar-refractivity contribution in [1.29, 1.82) is 0 Å². The molecule has 0 aliphatic heterocycles. The fourth-order valence-corrected chi connectivity index (χ4v) is 0.644. The van der Waals surface area contributed by atoms with Crippen LogP contribution in [0.1, 0.15) is 11.4 Å². The van der Waals surface area contributed by atoms with Gasteiger partial charge in [-0.2, -0.15) is 0 Å². The Morgan fingerprint density at radius 3 is 1.62 bits per heavy atom. The second-order valence-corrected chi connectivity index (χ2v) is 1.82. The van der Waals surface area contributed by atoms with Gasteiger partial charge in [-0.25, -0.2) is 0 Å². The van der Waals surface area contributed by atoms with Gasteiger partial charge >= 0.3 is 51.4 Å². The maximum atomic E-state index is 3.14. The molecule has 8 heavy (non-hydrogen) atoms. The summed E-state index contributed by atoms with van der Waals surface area (Å²) in [5.74, 6) is 0. The number of aromatic amines is 1. The van der Waals surface area contributed by atoms with Gasteiger partial charge < -0.3 is 4.98 Å². The fourth-order valence-electron chi connectivity index (χ4n) is 0.644. The molecule has 0 aromatic carbocycles. The number of H-pyrrole nitrogens is 1. The van der Waals surface area contributed by atoms with E-state index in [1.165, 1.54) is 11.4 Å². The van der Waals surface area contributed by atoms with Gasteiger partial charge in [0.15, 0.2) is 0 Å². The van der Waals surface area contributed by atoms with Crippen molar-refractivity contribution in [3.8, 4) is 0 Å². The van der Waals surface area contributed by atoms with Crippen LogP contribution in [0.15, 0.2) is 12.1 Å². The zero-order valence-electron chi connectivity index (χ0n) is 4.65. The molecular weight excluding hydrogens is 125 g/mol. The van der Waals surface area contributed by atoms with Crippen LogP contribution in [-0.2, 0) is 0 Å². The third-order valence-corrected chi connectivity index (χ3v) is 0.978. The summed E-state index contributed by atoms with van der Waals surface area (Å²) in [5, 5.41) is 0. The van der Waals surface area contributed by atoms with Gasteiger partial charge in [-0.1, -0.05) is 0 Å². The zero-order valence-corrected chi connectivity index (χ0v) is 4.65. The van der Waals surface area contributed by atoms with Crippen molar-refractivity contribution >= 4 is 51.4 Å². The van der Waals surface area contributed by atoms with Crippen molar-refractivity contribution in [2.24, 2.45) is 0 Å². The van der Waals surface area contributed by atoms with Crippen LogP contribution < -0.4 is 0 Å². The fraction of sp³-hybridized carbons (Fsp3) is 0.333. The van der Waals surface area contributed by atoms with Crippen LogP contribution in [0, 0.1) is 13.8 Å². The van der Waals surface area contributed by atoms with Crippen LogP contribution in [0.25, 0.3) is 0 Å². The molecule has 1 rings (SSSR count). The predicted molar refractivity (Wildman–Crippen MR) is 37.4 cm³/mol. The monoisotopic (exact) mass is 135 g/mol. The van der Waals surface area contributed by atoms with E-state index in [0.29, 0.717) is 0 Å². The summed E-state index contributed by atoms with van der Waals surface area (Å²) in [5.41, 5.74) is 2.47. The number of nitrogens with one attached hydrogen (secondary N) is 1. The first-order chi connectivity index (χ1) is 3.29. The van der Waals surface area contributed by atoms with Gasteiger partial charge in [0.1, 0.15) is 0 Å². The molecular formula is C6H10KN. The summed E-state index contributed by atoms with van der Waals surface area (Å²) in [6.45, 7) is 4.10. The molecule has 0 atom stereocenters. The Balaban J connectivity index is 0.000000490. The third kappa shape index (κ3) is 2.46. The molecule has 2 heteroatoms. The van der Waals surface area contributed by atoms with E-state index in [9.17, 15) is 0 Å². The SMILES string of the molecule is Cc1ccc(C)[nH]1.[KH]. The maximum absolute atomic E-state index is 3.14. The normalized spacial score (nSPS) is 8.25. The van der Waals surface area contributed by atoms with Crippen molar-refractivity contribution < 1.29 is 0 Å². The van der Waals surface area contributed by atoms with Crippen molar-refractivity contribution in [3.05, 3.63) is 23.5 Å². The van der Waals surface area contributed by atoms with Crippen molar-refractivity contribution in [3.63, 3.8) is 0 Å². The summed E-state index contributed by atoms with van der Waals surface area (Å²) in [4.78, 5) is 3.14. The summed E-state index contributed by atoms with van der Waals surface area (Å²) in [7, 11) is 0. The van der Waals surface area contributed by atoms with E-state index < -0.39 is 0 Å². The quantitative estimate of drug-likeness (QED) is 0.510. The average Bonchev–Trinajstić information content (AvgIpc) is 1.87.